The number of nitrogens with zero attached hydrogens (tertiary/aromatic N) is 3. The van der Waals surface area contributed by atoms with Crippen molar-refractivity contribution in [1.82, 2.24) is 9.88 Å². The highest BCUT2D eigenvalue weighted by atomic mass is 16.5. The Hall–Kier alpha value is -2.24. The van der Waals surface area contributed by atoms with Crippen LogP contribution in [0.4, 0.5) is 5.69 Å². The highest BCUT2D eigenvalue weighted by Crippen LogP contribution is 2.38. The van der Waals surface area contributed by atoms with Crippen LogP contribution in [0.2, 0.25) is 0 Å². The van der Waals surface area contributed by atoms with Gasteiger partial charge in [0.05, 0.1) is 18.8 Å². The van der Waals surface area contributed by atoms with E-state index >= 15 is 0 Å². The van der Waals surface area contributed by atoms with E-state index in [2.05, 4.69) is 33.0 Å². The second kappa shape index (κ2) is 7.88. The molecule has 1 aliphatic carbocycles. The SMILES string of the molecule is O=C(C1CCCC1)N1CC2(CCN(Cc3ccccn3)C2)OCc2ccccc21. The first-order chi connectivity index (χ1) is 14.2. The molecule has 1 amide bonds. The number of para-hydroxylation sites is 1. The molecule has 5 rings (SSSR count). The van der Waals surface area contributed by atoms with Gasteiger partial charge in [0.2, 0.25) is 5.91 Å². The van der Waals surface area contributed by atoms with Crippen molar-refractivity contribution >= 4 is 11.6 Å². The Kier molecular flexibility index (Phi) is 5.10. The van der Waals surface area contributed by atoms with Gasteiger partial charge in [-0.25, -0.2) is 0 Å². The van der Waals surface area contributed by atoms with Crippen molar-refractivity contribution in [2.45, 2.75) is 50.9 Å². The highest BCUT2D eigenvalue weighted by molar-refractivity contribution is 5.96. The lowest BCUT2D eigenvalue weighted by atomic mass is 9.99. The van der Waals surface area contributed by atoms with E-state index in [0.29, 0.717) is 19.1 Å². The molecule has 2 fully saturated rings. The molecule has 2 aromatic rings. The van der Waals surface area contributed by atoms with Crippen LogP contribution in [0.25, 0.3) is 0 Å². The van der Waals surface area contributed by atoms with Crippen LogP contribution in [-0.4, -0.2) is 41.0 Å². The number of carbonyl (C=O) groups excluding carboxylic acids is 1. The number of aromatic nitrogens is 1. The first kappa shape index (κ1) is 18.8. The zero-order valence-electron chi connectivity index (χ0n) is 16.9. The third-order valence-corrected chi connectivity index (χ3v) is 6.74. The summed E-state index contributed by atoms with van der Waals surface area (Å²) >= 11 is 0. The second-order valence-electron chi connectivity index (χ2n) is 8.79. The average molecular weight is 392 g/mol. The van der Waals surface area contributed by atoms with Crippen LogP contribution in [0.15, 0.2) is 48.7 Å². The molecule has 29 heavy (non-hydrogen) atoms. The first-order valence-corrected chi connectivity index (χ1v) is 10.9. The number of fused-ring (bicyclic) bond motifs is 1. The Morgan fingerprint density at radius 1 is 1.10 bits per heavy atom. The highest BCUT2D eigenvalue weighted by Gasteiger charge is 2.45. The largest absolute Gasteiger partial charge is 0.367 e. The van der Waals surface area contributed by atoms with E-state index in [-0.39, 0.29) is 11.5 Å². The Labute approximate surface area is 172 Å². The lowest BCUT2D eigenvalue weighted by molar-refractivity contribution is -0.123. The van der Waals surface area contributed by atoms with Gasteiger partial charge in [0.25, 0.3) is 0 Å². The van der Waals surface area contributed by atoms with Crippen molar-refractivity contribution in [3.63, 3.8) is 0 Å². The van der Waals surface area contributed by atoms with Crippen LogP contribution in [0.3, 0.4) is 0 Å². The standard InChI is InChI=1S/C24H29N3O2/c28-23(19-7-1-2-8-19)27-18-24(29-16-20-9-3-4-11-22(20)27)12-14-26(17-24)15-21-10-5-6-13-25-21/h3-6,9-11,13,19H,1-2,7-8,12,14-18H2. The van der Waals surface area contributed by atoms with E-state index in [1.54, 1.807) is 0 Å². The van der Waals surface area contributed by atoms with Gasteiger partial charge in [-0.3, -0.25) is 14.7 Å². The zero-order chi connectivity index (χ0) is 19.7. The Bertz CT molecular complexity index is 865. The number of rotatable bonds is 3. The van der Waals surface area contributed by atoms with Gasteiger partial charge >= 0.3 is 0 Å². The minimum atomic E-state index is -0.304. The summed E-state index contributed by atoms with van der Waals surface area (Å²) in [6.07, 6.45) is 7.19. The summed E-state index contributed by atoms with van der Waals surface area (Å²) in [6.45, 7) is 3.86. The predicted molar refractivity (Wildman–Crippen MR) is 112 cm³/mol. The number of carbonyl (C=O) groups is 1. The lowest BCUT2D eigenvalue weighted by Gasteiger charge is -2.34. The maximum absolute atomic E-state index is 13.5. The summed E-state index contributed by atoms with van der Waals surface area (Å²) in [6, 6.07) is 14.3. The molecule has 1 atom stereocenters. The molecule has 5 nitrogen and oxygen atoms in total. The minimum Gasteiger partial charge on any atom is -0.367 e. The van der Waals surface area contributed by atoms with Gasteiger partial charge in [0.15, 0.2) is 0 Å². The van der Waals surface area contributed by atoms with Crippen molar-refractivity contribution in [3.8, 4) is 0 Å². The zero-order valence-corrected chi connectivity index (χ0v) is 16.9. The van der Waals surface area contributed by atoms with E-state index < -0.39 is 0 Å². The van der Waals surface area contributed by atoms with Gasteiger partial charge in [0.1, 0.15) is 5.60 Å². The normalized spacial score (nSPS) is 25.3. The quantitative estimate of drug-likeness (QED) is 0.799. The summed E-state index contributed by atoms with van der Waals surface area (Å²) < 4.78 is 6.53. The monoisotopic (exact) mass is 391 g/mol. The number of amides is 1. The molecular weight excluding hydrogens is 362 g/mol. The lowest BCUT2D eigenvalue weighted by Crippen LogP contribution is -2.49. The maximum atomic E-state index is 13.5. The minimum absolute atomic E-state index is 0.171. The molecule has 1 aromatic heterocycles. The molecule has 1 saturated carbocycles. The molecule has 3 aliphatic rings. The van der Waals surface area contributed by atoms with Crippen molar-refractivity contribution < 1.29 is 9.53 Å². The fraction of sp³-hybridized carbons (Fsp3) is 0.500. The smallest absolute Gasteiger partial charge is 0.230 e. The summed E-state index contributed by atoms with van der Waals surface area (Å²) in [5, 5.41) is 0. The van der Waals surface area contributed by atoms with Crippen LogP contribution in [0, 0.1) is 5.92 Å². The van der Waals surface area contributed by atoms with Gasteiger partial charge in [-0.2, -0.15) is 0 Å². The van der Waals surface area contributed by atoms with E-state index in [9.17, 15) is 4.79 Å². The molecule has 3 heterocycles. The Morgan fingerprint density at radius 2 is 1.93 bits per heavy atom. The van der Waals surface area contributed by atoms with Gasteiger partial charge in [0, 0.05) is 43.0 Å². The van der Waals surface area contributed by atoms with Crippen molar-refractivity contribution in [1.29, 1.82) is 0 Å². The van der Waals surface area contributed by atoms with Crippen LogP contribution in [0.5, 0.6) is 0 Å². The molecule has 0 N–H and O–H groups in total. The fourth-order valence-electron chi connectivity index (χ4n) is 5.17. The van der Waals surface area contributed by atoms with Crippen LogP contribution in [-0.2, 0) is 22.7 Å². The summed E-state index contributed by atoms with van der Waals surface area (Å²) in [4.78, 5) is 22.4. The van der Waals surface area contributed by atoms with E-state index in [0.717, 1.165) is 55.8 Å². The predicted octanol–water partition coefficient (Wildman–Crippen LogP) is 3.78. The third kappa shape index (κ3) is 3.81. The molecule has 1 aromatic carbocycles. The summed E-state index contributed by atoms with van der Waals surface area (Å²) in [7, 11) is 0. The molecular formula is C24H29N3O2. The Balaban J connectivity index is 1.38. The number of hydrogen-bond acceptors (Lipinski definition) is 4. The molecule has 0 radical (unpaired) electrons. The second-order valence-corrected chi connectivity index (χ2v) is 8.79. The number of ether oxygens (including phenoxy) is 1. The van der Waals surface area contributed by atoms with E-state index in [1.807, 2.05) is 30.5 Å². The fourth-order valence-corrected chi connectivity index (χ4v) is 5.17. The molecule has 152 valence electrons. The molecule has 1 saturated heterocycles. The molecule has 1 spiro atoms. The van der Waals surface area contributed by atoms with Crippen LogP contribution >= 0.6 is 0 Å². The number of hydrogen-bond donors (Lipinski definition) is 0. The average Bonchev–Trinajstić information content (AvgIpc) is 3.39. The molecule has 2 aliphatic heterocycles. The number of likely N-dealkylation sites (tertiary alicyclic amines) is 1. The van der Waals surface area contributed by atoms with E-state index in [4.69, 9.17) is 4.74 Å². The molecule has 1 unspecified atom stereocenters. The summed E-state index contributed by atoms with van der Waals surface area (Å²) in [5.74, 6) is 0.465. The topological polar surface area (TPSA) is 45.7 Å². The van der Waals surface area contributed by atoms with Crippen molar-refractivity contribution in [2.75, 3.05) is 24.5 Å². The van der Waals surface area contributed by atoms with Crippen LogP contribution < -0.4 is 4.90 Å². The van der Waals surface area contributed by atoms with Gasteiger partial charge in [-0.1, -0.05) is 37.1 Å². The van der Waals surface area contributed by atoms with Crippen molar-refractivity contribution in [2.24, 2.45) is 5.92 Å². The summed E-state index contributed by atoms with van der Waals surface area (Å²) in [5.41, 5.74) is 2.95. The molecule has 0 bridgehead atoms. The van der Waals surface area contributed by atoms with Crippen molar-refractivity contribution in [3.05, 3.63) is 59.9 Å². The third-order valence-electron chi connectivity index (χ3n) is 6.74. The van der Waals surface area contributed by atoms with Gasteiger partial charge in [-0.15, -0.1) is 0 Å². The maximum Gasteiger partial charge on any atom is 0.230 e. The number of benzene rings is 1. The van der Waals surface area contributed by atoms with E-state index in [1.165, 1.54) is 12.8 Å². The van der Waals surface area contributed by atoms with Gasteiger partial charge < -0.3 is 9.64 Å². The first-order valence-electron chi connectivity index (χ1n) is 10.9. The number of pyridine rings is 1. The Morgan fingerprint density at radius 3 is 2.76 bits per heavy atom. The number of anilines is 1. The van der Waals surface area contributed by atoms with Crippen LogP contribution in [0.1, 0.15) is 43.4 Å². The molecule has 5 heteroatoms. The van der Waals surface area contributed by atoms with Gasteiger partial charge in [-0.05, 0) is 37.5 Å².